The maximum absolute atomic E-state index is 13.0. The number of aromatic nitrogens is 2. The quantitative estimate of drug-likeness (QED) is 0.911. The zero-order valence-corrected chi connectivity index (χ0v) is 11.9. The number of rotatable bonds is 3. The van der Waals surface area contributed by atoms with Crippen molar-refractivity contribution in [2.24, 2.45) is 0 Å². The highest BCUT2D eigenvalue weighted by atomic mass is 79.9. The third-order valence-corrected chi connectivity index (χ3v) is 3.39. The van der Waals surface area contributed by atoms with Crippen molar-refractivity contribution in [1.82, 2.24) is 9.97 Å². The molecule has 4 nitrogen and oxygen atoms in total. The van der Waals surface area contributed by atoms with Crippen molar-refractivity contribution in [3.63, 3.8) is 0 Å². The topological polar surface area (TPSA) is 71.8 Å². The van der Waals surface area contributed by atoms with Gasteiger partial charge in [-0.1, -0.05) is 13.3 Å². The van der Waals surface area contributed by atoms with Gasteiger partial charge in [-0.15, -0.1) is 0 Å². The van der Waals surface area contributed by atoms with Crippen molar-refractivity contribution in [2.45, 2.75) is 19.8 Å². The molecular formula is C13H13BrFN3O. The van der Waals surface area contributed by atoms with Gasteiger partial charge >= 0.3 is 0 Å². The van der Waals surface area contributed by atoms with Crippen LogP contribution in [0.25, 0.3) is 11.4 Å². The minimum Gasteiger partial charge on any atom is -0.383 e. The second-order valence-electron chi connectivity index (χ2n) is 4.15. The Labute approximate surface area is 118 Å². The summed E-state index contributed by atoms with van der Waals surface area (Å²) in [6.07, 6.45) is 1.40. The van der Waals surface area contributed by atoms with Gasteiger partial charge in [0.15, 0.2) is 0 Å². The molecule has 0 aliphatic rings. The molecule has 0 radical (unpaired) electrons. The van der Waals surface area contributed by atoms with Crippen molar-refractivity contribution in [3.8, 4) is 11.4 Å². The average Bonchev–Trinajstić information content (AvgIpc) is 2.33. The van der Waals surface area contributed by atoms with E-state index in [9.17, 15) is 9.18 Å². The lowest BCUT2D eigenvalue weighted by atomic mass is 10.1. The monoisotopic (exact) mass is 325 g/mol. The van der Waals surface area contributed by atoms with Gasteiger partial charge in [-0.3, -0.25) is 4.79 Å². The molecule has 0 amide bonds. The summed E-state index contributed by atoms with van der Waals surface area (Å²) in [5.74, 6) is 0.180. The van der Waals surface area contributed by atoms with E-state index in [1.165, 1.54) is 18.2 Å². The van der Waals surface area contributed by atoms with Crippen LogP contribution < -0.4 is 11.3 Å². The van der Waals surface area contributed by atoms with Gasteiger partial charge in [-0.2, -0.15) is 0 Å². The molecule has 0 aliphatic carbocycles. The summed E-state index contributed by atoms with van der Waals surface area (Å²) in [5, 5.41) is 0. The van der Waals surface area contributed by atoms with Crippen LogP contribution in [-0.2, 0) is 6.42 Å². The van der Waals surface area contributed by atoms with E-state index in [0.717, 1.165) is 6.42 Å². The average molecular weight is 326 g/mol. The van der Waals surface area contributed by atoms with E-state index in [1.54, 1.807) is 0 Å². The van der Waals surface area contributed by atoms with E-state index < -0.39 is 0 Å². The fraction of sp³-hybridized carbons (Fsp3) is 0.231. The van der Waals surface area contributed by atoms with Crippen LogP contribution in [0.4, 0.5) is 10.2 Å². The summed E-state index contributed by atoms with van der Waals surface area (Å²) < 4.78 is 13.6. The van der Waals surface area contributed by atoms with Crippen molar-refractivity contribution in [2.75, 3.05) is 5.73 Å². The van der Waals surface area contributed by atoms with Gasteiger partial charge < -0.3 is 10.7 Å². The molecule has 19 heavy (non-hydrogen) atoms. The molecular weight excluding hydrogens is 313 g/mol. The Bertz CT molecular complexity index is 669. The summed E-state index contributed by atoms with van der Waals surface area (Å²) >= 11 is 3.24. The number of anilines is 1. The molecule has 1 aromatic carbocycles. The third kappa shape index (κ3) is 2.84. The summed E-state index contributed by atoms with van der Waals surface area (Å²) in [5.41, 5.74) is 6.64. The lowest BCUT2D eigenvalue weighted by Gasteiger charge is -2.07. The molecule has 2 aromatic rings. The highest BCUT2D eigenvalue weighted by Gasteiger charge is 2.12. The van der Waals surface area contributed by atoms with Crippen LogP contribution in [0.5, 0.6) is 0 Å². The van der Waals surface area contributed by atoms with Crippen molar-refractivity contribution < 1.29 is 4.39 Å². The Kier molecular flexibility index (Phi) is 3.99. The molecule has 6 heteroatoms. The lowest BCUT2D eigenvalue weighted by Crippen LogP contribution is -2.18. The summed E-state index contributed by atoms with van der Waals surface area (Å²) in [7, 11) is 0. The first kappa shape index (κ1) is 13.7. The first-order valence-electron chi connectivity index (χ1n) is 5.87. The number of aromatic amines is 1. The van der Waals surface area contributed by atoms with E-state index >= 15 is 0 Å². The SMILES string of the molecule is CCCc1c(N)nc(-c2ccc(F)cc2Br)[nH]c1=O. The van der Waals surface area contributed by atoms with Crippen molar-refractivity contribution in [1.29, 1.82) is 0 Å². The van der Waals surface area contributed by atoms with Crippen LogP contribution in [0, 0.1) is 5.82 Å². The molecule has 1 aromatic heterocycles. The molecule has 0 unspecified atom stereocenters. The van der Waals surface area contributed by atoms with Crippen LogP contribution >= 0.6 is 15.9 Å². The molecule has 0 saturated heterocycles. The largest absolute Gasteiger partial charge is 0.383 e. The van der Waals surface area contributed by atoms with Crippen molar-refractivity contribution in [3.05, 3.63) is 44.4 Å². The van der Waals surface area contributed by atoms with E-state index in [2.05, 4.69) is 25.9 Å². The lowest BCUT2D eigenvalue weighted by molar-refractivity contribution is 0.627. The number of nitrogens with two attached hydrogens (primary N) is 1. The Balaban J connectivity index is 2.55. The first-order chi connectivity index (χ1) is 9.02. The molecule has 100 valence electrons. The number of nitrogens with zero attached hydrogens (tertiary/aromatic N) is 1. The predicted octanol–water partition coefficient (Wildman–Crippen LogP) is 2.87. The number of halogens is 2. The van der Waals surface area contributed by atoms with Gasteiger partial charge in [0.2, 0.25) is 0 Å². The Morgan fingerprint density at radius 1 is 1.47 bits per heavy atom. The Morgan fingerprint density at radius 3 is 2.79 bits per heavy atom. The smallest absolute Gasteiger partial charge is 0.256 e. The fourth-order valence-corrected chi connectivity index (χ4v) is 2.35. The van der Waals surface area contributed by atoms with Crippen LogP contribution in [0.3, 0.4) is 0 Å². The van der Waals surface area contributed by atoms with E-state index in [0.29, 0.717) is 27.8 Å². The van der Waals surface area contributed by atoms with Crippen LogP contribution in [0.2, 0.25) is 0 Å². The summed E-state index contributed by atoms with van der Waals surface area (Å²) in [4.78, 5) is 18.8. The number of H-pyrrole nitrogens is 1. The molecule has 0 spiro atoms. The second kappa shape index (κ2) is 5.52. The van der Waals surface area contributed by atoms with E-state index in [1.807, 2.05) is 6.92 Å². The van der Waals surface area contributed by atoms with E-state index in [4.69, 9.17) is 5.73 Å². The number of nitrogens with one attached hydrogen (secondary N) is 1. The molecule has 0 fully saturated rings. The summed E-state index contributed by atoms with van der Waals surface area (Å²) in [6.45, 7) is 1.96. The standard InChI is InChI=1S/C13H13BrFN3O/c1-2-3-9-11(16)17-12(18-13(9)19)8-5-4-7(15)6-10(8)14/h4-6H,2-3H2,1H3,(H3,16,17,18,19). The highest BCUT2D eigenvalue weighted by Crippen LogP contribution is 2.26. The Morgan fingerprint density at radius 2 is 2.21 bits per heavy atom. The zero-order valence-electron chi connectivity index (χ0n) is 10.3. The van der Waals surface area contributed by atoms with Crippen molar-refractivity contribution >= 4 is 21.7 Å². The highest BCUT2D eigenvalue weighted by molar-refractivity contribution is 9.10. The maximum atomic E-state index is 13.0. The van der Waals surface area contributed by atoms with Crippen LogP contribution in [-0.4, -0.2) is 9.97 Å². The fourth-order valence-electron chi connectivity index (χ4n) is 1.82. The minimum atomic E-state index is -0.367. The molecule has 0 atom stereocenters. The van der Waals surface area contributed by atoms with Gasteiger partial charge in [0, 0.05) is 10.0 Å². The molecule has 0 bridgehead atoms. The molecule has 2 rings (SSSR count). The first-order valence-corrected chi connectivity index (χ1v) is 6.66. The van der Waals surface area contributed by atoms with Gasteiger partial charge in [0.1, 0.15) is 17.5 Å². The molecule has 3 N–H and O–H groups in total. The normalized spacial score (nSPS) is 10.7. The summed E-state index contributed by atoms with van der Waals surface area (Å²) in [6, 6.07) is 4.15. The Hall–Kier alpha value is -1.69. The van der Waals surface area contributed by atoms with E-state index in [-0.39, 0.29) is 17.2 Å². The molecule has 0 saturated carbocycles. The molecule has 0 aliphatic heterocycles. The van der Waals surface area contributed by atoms with Gasteiger partial charge in [-0.25, -0.2) is 9.37 Å². The van der Waals surface area contributed by atoms with Gasteiger partial charge in [0.05, 0.1) is 5.56 Å². The van der Waals surface area contributed by atoms with Gasteiger partial charge in [-0.05, 0) is 40.5 Å². The number of nitrogen functional groups attached to an aromatic ring is 1. The second-order valence-corrected chi connectivity index (χ2v) is 5.01. The van der Waals surface area contributed by atoms with Crippen LogP contribution in [0.15, 0.2) is 27.5 Å². The maximum Gasteiger partial charge on any atom is 0.256 e. The third-order valence-electron chi connectivity index (χ3n) is 2.73. The molecule has 1 heterocycles. The number of hydrogen-bond acceptors (Lipinski definition) is 3. The predicted molar refractivity (Wildman–Crippen MR) is 76.4 cm³/mol. The zero-order chi connectivity index (χ0) is 14.0. The number of hydrogen-bond donors (Lipinski definition) is 2. The van der Waals surface area contributed by atoms with Crippen LogP contribution in [0.1, 0.15) is 18.9 Å². The number of benzene rings is 1. The minimum absolute atomic E-state index is 0.219. The van der Waals surface area contributed by atoms with Gasteiger partial charge in [0.25, 0.3) is 5.56 Å².